The first-order chi connectivity index (χ1) is 7.06. The predicted octanol–water partition coefficient (Wildman–Crippen LogP) is 2.33. The fourth-order valence-electron chi connectivity index (χ4n) is 1.35. The van der Waals surface area contributed by atoms with Gasteiger partial charge in [-0.2, -0.15) is 16.9 Å². The van der Waals surface area contributed by atoms with Crippen molar-refractivity contribution >= 4 is 27.7 Å². The molecule has 1 N–H and O–H groups in total. The number of aromatic nitrogens is 2. The van der Waals surface area contributed by atoms with E-state index in [1.54, 1.807) is 0 Å². The van der Waals surface area contributed by atoms with Gasteiger partial charge in [-0.15, -0.1) is 0 Å². The highest BCUT2D eigenvalue weighted by Gasteiger charge is 2.10. The summed E-state index contributed by atoms with van der Waals surface area (Å²) in [5, 5.41) is 8.44. The van der Waals surface area contributed by atoms with E-state index in [-0.39, 0.29) is 0 Å². The SMILES string of the molecule is CSC(C)CNCc1c(Br)c(C)nn1C. The monoisotopic (exact) mass is 291 g/mol. The number of hydrogen-bond acceptors (Lipinski definition) is 3. The van der Waals surface area contributed by atoms with E-state index in [1.807, 2.05) is 30.4 Å². The third kappa shape index (κ3) is 3.50. The van der Waals surface area contributed by atoms with Crippen LogP contribution in [0.1, 0.15) is 18.3 Å². The van der Waals surface area contributed by atoms with Gasteiger partial charge < -0.3 is 5.32 Å². The highest BCUT2D eigenvalue weighted by molar-refractivity contribution is 9.10. The van der Waals surface area contributed by atoms with Crippen LogP contribution >= 0.6 is 27.7 Å². The van der Waals surface area contributed by atoms with E-state index in [0.29, 0.717) is 5.25 Å². The smallest absolute Gasteiger partial charge is 0.0739 e. The molecule has 1 atom stereocenters. The van der Waals surface area contributed by atoms with Crippen LogP contribution in [0.2, 0.25) is 0 Å². The molecule has 0 saturated carbocycles. The second-order valence-corrected chi connectivity index (χ2v) is 5.72. The van der Waals surface area contributed by atoms with Gasteiger partial charge in [-0.25, -0.2) is 0 Å². The molecule has 1 heterocycles. The molecule has 0 aromatic carbocycles. The zero-order valence-corrected chi connectivity index (χ0v) is 12.1. The van der Waals surface area contributed by atoms with Crippen LogP contribution in [0.15, 0.2) is 4.47 Å². The standard InChI is InChI=1S/C10H18BrN3S/c1-7(15-4)5-12-6-9-10(11)8(2)13-14(9)3/h7,12H,5-6H2,1-4H3. The van der Waals surface area contributed by atoms with E-state index < -0.39 is 0 Å². The minimum Gasteiger partial charge on any atom is -0.310 e. The van der Waals surface area contributed by atoms with Crippen molar-refractivity contribution in [3.05, 3.63) is 15.9 Å². The summed E-state index contributed by atoms with van der Waals surface area (Å²) in [5.74, 6) is 0. The van der Waals surface area contributed by atoms with Gasteiger partial charge in [-0.3, -0.25) is 4.68 Å². The maximum Gasteiger partial charge on any atom is 0.0739 e. The van der Waals surface area contributed by atoms with Crippen molar-refractivity contribution in [2.24, 2.45) is 7.05 Å². The summed E-state index contributed by atoms with van der Waals surface area (Å²) in [4.78, 5) is 0. The van der Waals surface area contributed by atoms with E-state index >= 15 is 0 Å². The Morgan fingerprint density at radius 2 is 2.27 bits per heavy atom. The Hall–Kier alpha value is 0. The van der Waals surface area contributed by atoms with Gasteiger partial charge in [0.15, 0.2) is 0 Å². The average Bonchev–Trinajstić information content (AvgIpc) is 2.44. The molecule has 0 saturated heterocycles. The van der Waals surface area contributed by atoms with Crippen molar-refractivity contribution in [3.8, 4) is 0 Å². The number of rotatable bonds is 5. The van der Waals surface area contributed by atoms with E-state index in [2.05, 4.69) is 39.5 Å². The van der Waals surface area contributed by atoms with Crippen molar-refractivity contribution in [2.75, 3.05) is 12.8 Å². The summed E-state index contributed by atoms with van der Waals surface area (Å²) in [6.45, 7) is 6.12. The molecule has 0 fully saturated rings. The first kappa shape index (κ1) is 13.1. The topological polar surface area (TPSA) is 29.9 Å². The Morgan fingerprint density at radius 3 is 2.73 bits per heavy atom. The van der Waals surface area contributed by atoms with Crippen molar-refractivity contribution in [3.63, 3.8) is 0 Å². The minimum absolute atomic E-state index is 0.651. The molecule has 0 aliphatic carbocycles. The molecule has 5 heteroatoms. The second-order valence-electron chi connectivity index (χ2n) is 3.65. The van der Waals surface area contributed by atoms with E-state index in [4.69, 9.17) is 0 Å². The van der Waals surface area contributed by atoms with Crippen LogP contribution in [0, 0.1) is 6.92 Å². The lowest BCUT2D eigenvalue weighted by molar-refractivity contribution is 0.622. The molecular formula is C10H18BrN3S. The van der Waals surface area contributed by atoms with E-state index in [9.17, 15) is 0 Å². The van der Waals surface area contributed by atoms with Crippen LogP contribution < -0.4 is 5.32 Å². The fourth-order valence-corrected chi connectivity index (χ4v) is 2.11. The number of nitrogens with zero attached hydrogens (tertiary/aromatic N) is 2. The number of thioether (sulfide) groups is 1. The maximum absolute atomic E-state index is 4.35. The molecule has 0 radical (unpaired) electrons. The number of hydrogen-bond donors (Lipinski definition) is 1. The van der Waals surface area contributed by atoms with Gasteiger partial charge >= 0.3 is 0 Å². The van der Waals surface area contributed by atoms with Crippen LogP contribution in [-0.2, 0) is 13.6 Å². The van der Waals surface area contributed by atoms with Crippen LogP contribution in [0.25, 0.3) is 0 Å². The summed E-state index contributed by atoms with van der Waals surface area (Å²) in [6.07, 6.45) is 2.14. The normalized spacial score (nSPS) is 13.1. The van der Waals surface area contributed by atoms with Gasteiger partial charge in [-0.05, 0) is 29.1 Å². The van der Waals surface area contributed by atoms with Crippen LogP contribution in [0.5, 0.6) is 0 Å². The quantitative estimate of drug-likeness (QED) is 0.903. The molecule has 3 nitrogen and oxygen atoms in total. The van der Waals surface area contributed by atoms with Gasteiger partial charge in [0.2, 0.25) is 0 Å². The Labute approximate surface area is 104 Å². The molecule has 1 rings (SSSR count). The number of halogens is 1. The van der Waals surface area contributed by atoms with Gasteiger partial charge in [0.1, 0.15) is 0 Å². The van der Waals surface area contributed by atoms with Crippen LogP contribution in [0.4, 0.5) is 0 Å². The molecule has 0 amide bonds. The van der Waals surface area contributed by atoms with E-state index in [1.165, 1.54) is 5.69 Å². The number of nitrogens with one attached hydrogen (secondary N) is 1. The third-order valence-corrected chi connectivity index (χ3v) is 4.39. The molecule has 1 unspecified atom stereocenters. The summed E-state index contributed by atoms with van der Waals surface area (Å²) < 4.78 is 3.05. The molecule has 0 bridgehead atoms. The van der Waals surface area contributed by atoms with Crippen LogP contribution in [-0.4, -0.2) is 27.8 Å². The Balaban J connectivity index is 2.50. The zero-order chi connectivity index (χ0) is 11.4. The summed E-state index contributed by atoms with van der Waals surface area (Å²) in [5.41, 5.74) is 2.26. The molecular weight excluding hydrogens is 274 g/mol. The van der Waals surface area contributed by atoms with Gasteiger partial charge in [0.05, 0.1) is 15.9 Å². The lowest BCUT2D eigenvalue weighted by atomic mass is 10.3. The first-order valence-electron chi connectivity index (χ1n) is 4.97. The fraction of sp³-hybridized carbons (Fsp3) is 0.700. The molecule has 0 spiro atoms. The molecule has 0 aliphatic heterocycles. The Bertz CT molecular complexity index is 325. The Kier molecular flexibility index (Phi) is 5.15. The second kappa shape index (κ2) is 5.92. The van der Waals surface area contributed by atoms with Gasteiger partial charge in [0.25, 0.3) is 0 Å². The largest absolute Gasteiger partial charge is 0.310 e. The first-order valence-corrected chi connectivity index (χ1v) is 7.05. The average molecular weight is 292 g/mol. The maximum atomic E-state index is 4.35. The third-order valence-electron chi connectivity index (χ3n) is 2.39. The van der Waals surface area contributed by atoms with Gasteiger partial charge in [-0.1, -0.05) is 6.92 Å². The molecule has 15 heavy (non-hydrogen) atoms. The zero-order valence-electron chi connectivity index (χ0n) is 9.67. The Morgan fingerprint density at radius 1 is 1.60 bits per heavy atom. The minimum atomic E-state index is 0.651. The van der Waals surface area contributed by atoms with E-state index in [0.717, 1.165) is 23.3 Å². The molecule has 1 aromatic rings. The molecule has 0 aliphatic rings. The van der Waals surface area contributed by atoms with Crippen LogP contribution in [0.3, 0.4) is 0 Å². The summed E-state index contributed by atoms with van der Waals surface area (Å²) >= 11 is 5.43. The lowest BCUT2D eigenvalue weighted by Crippen LogP contribution is -2.23. The summed E-state index contributed by atoms with van der Waals surface area (Å²) in [6, 6.07) is 0. The van der Waals surface area contributed by atoms with Gasteiger partial charge in [0, 0.05) is 25.4 Å². The lowest BCUT2D eigenvalue weighted by Gasteiger charge is -2.10. The molecule has 86 valence electrons. The van der Waals surface area contributed by atoms with Crippen molar-refractivity contribution in [1.29, 1.82) is 0 Å². The highest BCUT2D eigenvalue weighted by Crippen LogP contribution is 2.19. The summed E-state index contributed by atoms with van der Waals surface area (Å²) in [7, 11) is 1.98. The van der Waals surface area contributed by atoms with Crippen molar-refractivity contribution < 1.29 is 0 Å². The highest BCUT2D eigenvalue weighted by atomic mass is 79.9. The number of aryl methyl sites for hydroxylation is 2. The predicted molar refractivity (Wildman–Crippen MR) is 70.3 cm³/mol. The van der Waals surface area contributed by atoms with Crippen molar-refractivity contribution in [2.45, 2.75) is 25.6 Å². The molecule has 1 aromatic heterocycles. The van der Waals surface area contributed by atoms with Crippen molar-refractivity contribution in [1.82, 2.24) is 15.1 Å².